The van der Waals surface area contributed by atoms with Crippen molar-refractivity contribution in [1.29, 1.82) is 0 Å². The third-order valence-electron chi connectivity index (χ3n) is 5.86. The molecule has 1 nitrogen and oxygen atoms in total. The van der Waals surface area contributed by atoms with Gasteiger partial charge < -0.3 is 4.74 Å². The summed E-state index contributed by atoms with van der Waals surface area (Å²) < 4.78 is 49.1. The molecule has 0 saturated heterocycles. The molecule has 0 aliphatic heterocycles. The summed E-state index contributed by atoms with van der Waals surface area (Å²) in [7, 11) is 0. The van der Waals surface area contributed by atoms with Gasteiger partial charge in [0.1, 0.15) is 18.2 Å². The maximum atomic E-state index is 14.9. The Hall–Kier alpha value is -2.75. The summed E-state index contributed by atoms with van der Waals surface area (Å²) in [6.45, 7) is 11.2. The van der Waals surface area contributed by atoms with Crippen molar-refractivity contribution in [1.82, 2.24) is 0 Å². The van der Waals surface area contributed by atoms with Gasteiger partial charge in [-0.25, -0.2) is 13.2 Å². The van der Waals surface area contributed by atoms with Gasteiger partial charge in [0, 0.05) is 11.1 Å². The molecular weight excluding hydrogens is 397 g/mol. The molecule has 0 atom stereocenters. The van der Waals surface area contributed by atoms with Crippen molar-refractivity contribution < 1.29 is 17.9 Å². The molecule has 1 fully saturated rings. The van der Waals surface area contributed by atoms with Crippen LogP contribution in [0.15, 0.2) is 72.6 Å². The Morgan fingerprint density at radius 3 is 2.26 bits per heavy atom. The lowest BCUT2D eigenvalue weighted by molar-refractivity contribution is 0.339. The summed E-state index contributed by atoms with van der Waals surface area (Å²) in [6.07, 6.45) is 5.19. The molecule has 0 bridgehead atoms. The Balaban J connectivity index is 1.70. The van der Waals surface area contributed by atoms with Gasteiger partial charge in [0.05, 0.1) is 0 Å². The average Bonchev–Trinajstić information content (AvgIpc) is 2.74. The molecule has 0 heterocycles. The minimum Gasteiger partial charge on any atom is -0.489 e. The van der Waals surface area contributed by atoms with Gasteiger partial charge in [-0.2, -0.15) is 0 Å². The molecule has 2 aromatic carbocycles. The van der Waals surface area contributed by atoms with Crippen LogP contribution < -0.4 is 4.74 Å². The molecule has 0 N–H and O–H groups in total. The highest BCUT2D eigenvalue weighted by Gasteiger charge is 2.25. The molecule has 0 amide bonds. The van der Waals surface area contributed by atoms with Crippen LogP contribution in [0.2, 0.25) is 0 Å². The molecular formula is C27H29F3O. The van der Waals surface area contributed by atoms with Crippen molar-refractivity contribution in [2.75, 3.05) is 6.61 Å². The molecule has 0 radical (unpaired) electrons. The van der Waals surface area contributed by atoms with Crippen LogP contribution in [-0.4, -0.2) is 6.61 Å². The number of rotatable bonds is 7. The van der Waals surface area contributed by atoms with Crippen LogP contribution >= 0.6 is 0 Å². The van der Waals surface area contributed by atoms with E-state index in [0.717, 1.165) is 25.7 Å². The van der Waals surface area contributed by atoms with Crippen LogP contribution in [0.4, 0.5) is 13.2 Å². The standard InChI is InChI=1S/C27H29F3O/c1-17(2)15-25(28)19(4)16-31-22-11-9-21(10-12-22)24-14-13-23(26(29)27(24)30)20-7-5-18(3)6-8-20/h9-15,18,20H,1,4-8,16H2,2-3H3/b25-15+. The van der Waals surface area contributed by atoms with Crippen molar-refractivity contribution in [2.45, 2.75) is 45.4 Å². The molecule has 2 aromatic rings. The summed E-state index contributed by atoms with van der Waals surface area (Å²) in [5.74, 6) is -0.808. The van der Waals surface area contributed by atoms with E-state index in [1.165, 1.54) is 6.08 Å². The highest BCUT2D eigenvalue weighted by Crippen LogP contribution is 2.38. The first-order chi connectivity index (χ1) is 14.8. The Morgan fingerprint density at radius 1 is 1.00 bits per heavy atom. The normalized spacial score (nSPS) is 19.2. The number of allylic oxidation sites excluding steroid dienone is 2. The predicted molar refractivity (Wildman–Crippen MR) is 121 cm³/mol. The summed E-state index contributed by atoms with van der Waals surface area (Å²) in [6, 6.07) is 10.0. The van der Waals surface area contributed by atoms with Crippen molar-refractivity contribution in [2.24, 2.45) is 5.92 Å². The van der Waals surface area contributed by atoms with Gasteiger partial charge in [-0.05, 0) is 60.9 Å². The SMILES string of the molecule is C=C(C)/C=C(/F)C(=C)COc1ccc(-c2ccc(C3CCC(C)CC3)c(F)c2F)cc1. The van der Waals surface area contributed by atoms with E-state index in [1.807, 2.05) is 0 Å². The molecule has 164 valence electrons. The molecule has 1 aliphatic rings. The van der Waals surface area contributed by atoms with E-state index in [2.05, 4.69) is 20.1 Å². The summed E-state index contributed by atoms with van der Waals surface area (Å²) in [5, 5.41) is 0. The van der Waals surface area contributed by atoms with Crippen molar-refractivity contribution in [3.8, 4) is 16.9 Å². The molecule has 0 spiro atoms. The van der Waals surface area contributed by atoms with Crippen molar-refractivity contribution in [3.05, 3.63) is 89.8 Å². The quantitative estimate of drug-likeness (QED) is 0.405. The van der Waals surface area contributed by atoms with Gasteiger partial charge in [0.2, 0.25) is 0 Å². The Bertz CT molecular complexity index is 980. The van der Waals surface area contributed by atoms with E-state index in [9.17, 15) is 13.2 Å². The first-order valence-electron chi connectivity index (χ1n) is 10.7. The fourth-order valence-corrected chi connectivity index (χ4v) is 3.96. The lowest BCUT2D eigenvalue weighted by Crippen LogP contribution is -2.13. The number of hydrogen-bond acceptors (Lipinski definition) is 1. The lowest BCUT2D eigenvalue weighted by Gasteiger charge is -2.27. The fourth-order valence-electron chi connectivity index (χ4n) is 3.96. The molecule has 4 heteroatoms. The second kappa shape index (κ2) is 10.0. The number of halogens is 3. The van der Waals surface area contributed by atoms with Crippen LogP contribution in [0.1, 0.15) is 51.0 Å². The second-order valence-corrected chi connectivity index (χ2v) is 8.54. The van der Waals surface area contributed by atoms with E-state index in [-0.39, 0.29) is 23.7 Å². The third-order valence-corrected chi connectivity index (χ3v) is 5.86. The summed E-state index contributed by atoms with van der Waals surface area (Å²) >= 11 is 0. The molecule has 1 saturated carbocycles. The number of benzene rings is 2. The van der Waals surface area contributed by atoms with Crippen LogP contribution in [0.25, 0.3) is 11.1 Å². The van der Waals surface area contributed by atoms with Crippen LogP contribution in [-0.2, 0) is 0 Å². The monoisotopic (exact) mass is 426 g/mol. The van der Waals surface area contributed by atoms with Crippen LogP contribution in [0.5, 0.6) is 5.75 Å². The van der Waals surface area contributed by atoms with E-state index in [4.69, 9.17) is 4.74 Å². The zero-order valence-electron chi connectivity index (χ0n) is 18.2. The second-order valence-electron chi connectivity index (χ2n) is 8.54. The van der Waals surface area contributed by atoms with Gasteiger partial charge in [0.25, 0.3) is 0 Å². The predicted octanol–water partition coefficient (Wildman–Crippen LogP) is 8.29. The van der Waals surface area contributed by atoms with Gasteiger partial charge in [-0.3, -0.25) is 0 Å². The van der Waals surface area contributed by atoms with E-state index >= 15 is 0 Å². The highest BCUT2D eigenvalue weighted by atomic mass is 19.2. The topological polar surface area (TPSA) is 9.23 Å². The van der Waals surface area contributed by atoms with Gasteiger partial charge in [0.15, 0.2) is 11.6 Å². The molecule has 31 heavy (non-hydrogen) atoms. The largest absolute Gasteiger partial charge is 0.489 e. The zero-order chi connectivity index (χ0) is 22.5. The fraction of sp³-hybridized carbons (Fsp3) is 0.333. The van der Waals surface area contributed by atoms with E-state index in [0.29, 0.717) is 28.4 Å². The van der Waals surface area contributed by atoms with Crippen molar-refractivity contribution in [3.63, 3.8) is 0 Å². The average molecular weight is 427 g/mol. The van der Waals surface area contributed by atoms with E-state index in [1.54, 1.807) is 43.3 Å². The molecule has 3 rings (SSSR count). The maximum absolute atomic E-state index is 14.9. The lowest BCUT2D eigenvalue weighted by atomic mass is 9.79. The van der Waals surface area contributed by atoms with Gasteiger partial charge >= 0.3 is 0 Å². The Morgan fingerprint density at radius 2 is 1.65 bits per heavy atom. The first-order valence-corrected chi connectivity index (χ1v) is 10.7. The van der Waals surface area contributed by atoms with E-state index < -0.39 is 17.5 Å². The van der Waals surface area contributed by atoms with Crippen LogP contribution in [0.3, 0.4) is 0 Å². The molecule has 0 aromatic heterocycles. The zero-order valence-corrected chi connectivity index (χ0v) is 18.2. The number of hydrogen-bond donors (Lipinski definition) is 0. The Labute approximate surface area is 182 Å². The van der Waals surface area contributed by atoms with Gasteiger partial charge in [-0.1, -0.05) is 62.8 Å². The smallest absolute Gasteiger partial charge is 0.166 e. The molecule has 0 unspecified atom stereocenters. The minimum atomic E-state index is -0.815. The van der Waals surface area contributed by atoms with Crippen LogP contribution in [0, 0.1) is 17.6 Å². The molecule has 1 aliphatic carbocycles. The highest BCUT2D eigenvalue weighted by molar-refractivity contribution is 5.65. The minimum absolute atomic E-state index is 0.0212. The number of ether oxygens (including phenoxy) is 1. The first kappa shape index (κ1) is 22.9. The summed E-state index contributed by atoms with van der Waals surface area (Å²) in [4.78, 5) is 0. The van der Waals surface area contributed by atoms with Gasteiger partial charge in [-0.15, -0.1) is 0 Å². The summed E-state index contributed by atoms with van der Waals surface area (Å²) in [5.41, 5.74) is 2.04. The third kappa shape index (κ3) is 5.69. The Kier molecular flexibility index (Phi) is 7.42. The van der Waals surface area contributed by atoms with Crippen molar-refractivity contribution >= 4 is 0 Å². The maximum Gasteiger partial charge on any atom is 0.166 e.